The summed E-state index contributed by atoms with van der Waals surface area (Å²) in [6.07, 6.45) is 4.76. The van der Waals surface area contributed by atoms with Crippen LogP contribution >= 0.6 is 0 Å². The van der Waals surface area contributed by atoms with Crippen molar-refractivity contribution in [1.82, 2.24) is 20.5 Å². The highest BCUT2D eigenvalue weighted by atomic mass is 16.2. The number of amides is 3. The van der Waals surface area contributed by atoms with Crippen molar-refractivity contribution in [3.8, 4) is 0 Å². The van der Waals surface area contributed by atoms with Gasteiger partial charge >= 0.3 is 11.8 Å². The van der Waals surface area contributed by atoms with Gasteiger partial charge in [0.15, 0.2) is 0 Å². The average Bonchev–Trinajstić information content (AvgIpc) is 3.25. The maximum absolute atomic E-state index is 11.8. The number of rotatable bonds is 7. The van der Waals surface area contributed by atoms with Gasteiger partial charge in [0.1, 0.15) is 0 Å². The monoisotopic (exact) mass is 356 g/mol. The van der Waals surface area contributed by atoms with Gasteiger partial charge in [-0.1, -0.05) is 18.2 Å². The molecule has 0 radical (unpaired) electrons. The lowest BCUT2D eigenvalue weighted by Gasteiger charge is -2.15. The Morgan fingerprint density at radius 3 is 2.65 bits per heavy atom. The molecule has 3 rings (SSSR count). The lowest BCUT2D eigenvalue weighted by molar-refractivity contribution is -0.139. The van der Waals surface area contributed by atoms with Crippen molar-refractivity contribution in [2.75, 3.05) is 26.2 Å². The molecule has 0 spiro atoms. The number of aromatic nitrogens is 1. The highest BCUT2D eigenvalue weighted by Crippen LogP contribution is 2.17. The van der Waals surface area contributed by atoms with Crippen LogP contribution < -0.4 is 10.6 Å². The zero-order valence-electron chi connectivity index (χ0n) is 14.7. The van der Waals surface area contributed by atoms with Crippen LogP contribution in [-0.2, 0) is 20.8 Å². The Morgan fingerprint density at radius 2 is 1.88 bits per heavy atom. The summed E-state index contributed by atoms with van der Waals surface area (Å²) in [7, 11) is 0. The summed E-state index contributed by atoms with van der Waals surface area (Å²) >= 11 is 0. The number of likely N-dealkylation sites (tertiary alicyclic amines) is 1. The first kappa shape index (κ1) is 18.0. The van der Waals surface area contributed by atoms with Crippen LogP contribution in [0, 0.1) is 0 Å². The third kappa shape index (κ3) is 4.41. The Labute approximate surface area is 152 Å². The van der Waals surface area contributed by atoms with E-state index in [4.69, 9.17) is 0 Å². The summed E-state index contributed by atoms with van der Waals surface area (Å²) in [5.74, 6) is -1.08. The normalized spacial score (nSPS) is 14.0. The molecule has 0 atom stereocenters. The number of benzene rings is 1. The maximum Gasteiger partial charge on any atom is 0.309 e. The molecule has 0 aliphatic carbocycles. The van der Waals surface area contributed by atoms with Gasteiger partial charge in [-0.15, -0.1) is 0 Å². The predicted octanol–water partition coefficient (Wildman–Crippen LogP) is 0.955. The maximum atomic E-state index is 11.8. The summed E-state index contributed by atoms with van der Waals surface area (Å²) in [6, 6.07) is 7.97. The highest BCUT2D eigenvalue weighted by Gasteiger charge is 2.19. The number of H-pyrrole nitrogens is 1. The summed E-state index contributed by atoms with van der Waals surface area (Å²) in [5.41, 5.74) is 2.17. The number of fused-ring (bicyclic) bond motifs is 1. The predicted molar refractivity (Wildman–Crippen MR) is 98.5 cm³/mol. The van der Waals surface area contributed by atoms with Crippen molar-refractivity contribution >= 4 is 28.6 Å². The molecular weight excluding hydrogens is 332 g/mol. The van der Waals surface area contributed by atoms with Gasteiger partial charge in [-0.2, -0.15) is 0 Å². The molecule has 7 heteroatoms. The number of carbonyl (C=O) groups excluding carboxylic acids is 3. The van der Waals surface area contributed by atoms with E-state index in [0.29, 0.717) is 38.9 Å². The van der Waals surface area contributed by atoms with E-state index in [2.05, 4.69) is 15.6 Å². The fourth-order valence-corrected chi connectivity index (χ4v) is 3.22. The number of aromatic amines is 1. The van der Waals surface area contributed by atoms with Crippen LogP contribution in [0.5, 0.6) is 0 Å². The van der Waals surface area contributed by atoms with Crippen LogP contribution in [0.2, 0.25) is 0 Å². The van der Waals surface area contributed by atoms with E-state index < -0.39 is 11.8 Å². The summed E-state index contributed by atoms with van der Waals surface area (Å²) in [5, 5.41) is 6.37. The number of hydrogen-bond acceptors (Lipinski definition) is 3. The van der Waals surface area contributed by atoms with Gasteiger partial charge in [0.05, 0.1) is 0 Å². The molecule has 7 nitrogen and oxygen atoms in total. The van der Waals surface area contributed by atoms with Crippen LogP contribution in [0.1, 0.15) is 24.8 Å². The smallest absolute Gasteiger partial charge is 0.309 e. The summed E-state index contributed by atoms with van der Waals surface area (Å²) in [6.45, 7) is 2.21. The Kier molecular flexibility index (Phi) is 5.88. The zero-order chi connectivity index (χ0) is 18.4. The topological polar surface area (TPSA) is 94.3 Å². The zero-order valence-corrected chi connectivity index (χ0v) is 14.7. The number of nitrogens with one attached hydrogen (secondary N) is 3. The van der Waals surface area contributed by atoms with Crippen LogP contribution in [0.25, 0.3) is 10.9 Å². The molecule has 26 heavy (non-hydrogen) atoms. The van der Waals surface area contributed by atoms with E-state index in [1.165, 1.54) is 0 Å². The molecule has 3 N–H and O–H groups in total. The second-order valence-corrected chi connectivity index (χ2v) is 6.46. The number of hydrogen-bond donors (Lipinski definition) is 3. The second kappa shape index (κ2) is 8.51. The average molecular weight is 356 g/mol. The lowest BCUT2D eigenvalue weighted by Crippen LogP contribution is -2.41. The van der Waals surface area contributed by atoms with Crippen LogP contribution in [0.4, 0.5) is 0 Å². The molecule has 1 aromatic carbocycles. The van der Waals surface area contributed by atoms with Gasteiger partial charge in [-0.05, 0) is 30.9 Å². The van der Waals surface area contributed by atoms with Gasteiger partial charge in [0, 0.05) is 49.7 Å². The third-order valence-electron chi connectivity index (χ3n) is 4.62. The molecule has 3 amide bonds. The molecule has 1 fully saturated rings. The quantitative estimate of drug-likeness (QED) is 0.509. The summed E-state index contributed by atoms with van der Waals surface area (Å²) < 4.78 is 0. The van der Waals surface area contributed by atoms with Crippen LogP contribution in [-0.4, -0.2) is 53.8 Å². The van der Waals surface area contributed by atoms with Gasteiger partial charge in [0.2, 0.25) is 5.91 Å². The number of para-hydroxylation sites is 1. The molecular formula is C19H24N4O3. The molecule has 2 aromatic rings. The van der Waals surface area contributed by atoms with Crippen molar-refractivity contribution in [3.63, 3.8) is 0 Å². The van der Waals surface area contributed by atoms with Gasteiger partial charge in [-0.25, -0.2) is 0 Å². The van der Waals surface area contributed by atoms with E-state index in [1.54, 1.807) is 4.90 Å². The first-order valence-electron chi connectivity index (χ1n) is 9.04. The summed E-state index contributed by atoms with van der Waals surface area (Å²) in [4.78, 5) is 40.1. The standard InChI is InChI=1S/C19H24N4O3/c24-17-7-3-11-23(17)12-4-9-20-18(25)19(26)21-10-8-14-13-22-16-6-2-1-5-15(14)16/h1-2,5-6,13,22H,3-4,7-12H2,(H,20,25)(H,21,26). The largest absolute Gasteiger partial charge is 0.361 e. The molecule has 2 heterocycles. The third-order valence-corrected chi connectivity index (χ3v) is 4.62. The lowest BCUT2D eigenvalue weighted by atomic mass is 10.1. The minimum absolute atomic E-state index is 0.173. The van der Waals surface area contributed by atoms with E-state index in [1.807, 2.05) is 30.5 Å². The van der Waals surface area contributed by atoms with Crippen molar-refractivity contribution in [2.24, 2.45) is 0 Å². The first-order chi connectivity index (χ1) is 12.6. The van der Waals surface area contributed by atoms with Crippen molar-refractivity contribution < 1.29 is 14.4 Å². The van der Waals surface area contributed by atoms with Crippen LogP contribution in [0.3, 0.4) is 0 Å². The fraction of sp³-hybridized carbons (Fsp3) is 0.421. The minimum atomic E-state index is -0.628. The Hall–Kier alpha value is -2.83. The number of carbonyl (C=O) groups is 3. The molecule has 1 aliphatic heterocycles. The Bertz CT molecular complexity index is 799. The molecule has 1 aromatic heterocycles. The molecule has 0 bridgehead atoms. The van der Waals surface area contributed by atoms with E-state index in [-0.39, 0.29) is 5.91 Å². The molecule has 0 unspecified atom stereocenters. The number of nitrogens with zero attached hydrogens (tertiary/aromatic N) is 1. The Balaban J connectivity index is 1.34. The molecule has 0 saturated carbocycles. The van der Waals surface area contributed by atoms with Crippen molar-refractivity contribution in [1.29, 1.82) is 0 Å². The molecule has 138 valence electrons. The first-order valence-corrected chi connectivity index (χ1v) is 9.04. The van der Waals surface area contributed by atoms with Gasteiger partial charge < -0.3 is 20.5 Å². The van der Waals surface area contributed by atoms with E-state index in [0.717, 1.165) is 29.4 Å². The van der Waals surface area contributed by atoms with E-state index >= 15 is 0 Å². The van der Waals surface area contributed by atoms with Crippen LogP contribution in [0.15, 0.2) is 30.5 Å². The SMILES string of the molecule is O=C(NCCCN1CCCC1=O)C(=O)NCCc1c[nH]c2ccccc12. The Morgan fingerprint density at radius 1 is 1.12 bits per heavy atom. The van der Waals surface area contributed by atoms with Crippen molar-refractivity contribution in [2.45, 2.75) is 25.7 Å². The second-order valence-electron chi connectivity index (χ2n) is 6.46. The van der Waals surface area contributed by atoms with Crippen molar-refractivity contribution in [3.05, 3.63) is 36.0 Å². The minimum Gasteiger partial charge on any atom is -0.361 e. The fourth-order valence-electron chi connectivity index (χ4n) is 3.22. The molecule has 1 aliphatic rings. The van der Waals surface area contributed by atoms with E-state index in [9.17, 15) is 14.4 Å². The van der Waals surface area contributed by atoms with Gasteiger partial charge in [0.25, 0.3) is 0 Å². The highest BCUT2D eigenvalue weighted by molar-refractivity contribution is 6.35. The van der Waals surface area contributed by atoms with Gasteiger partial charge in [-0.3, -0.25) is 14.4 Å². The molecule has 1 saturated heterocycles.